The maximum atomic E-state index is 12.2. The molecular formula is C12H21NO3S. The molecule has 0 aliphatic heterocycles. The van der Waals surface area contributed by atoms with Gasteiger partial charge in [-0.3, -0.25) is 9.59 Å². The van der Waals surface area contributed by atoms with E-state index in [4.69, 9.17) is 5.11 Å². The van der Waals surface area contributed by atoms with Crippen LogP contribution in [0.2, 0.25) is 0 Å². The molecule has 1 rings (SSSR count). The highest BCUT2D eigenvalue weighted by molar-refractivity contribution is 7.98. The second-order valence-electron chi connectivity index (χ2n) is 4.80. The quantitative estimate of drug-likeness (QED) is 0.816. The fourth-order valence-corrected chi connectivity index (χ4v) is 2.99. The van der Waals surface area contributed by atoms with Crippen LogP contribution in [0.5, 0.6) is 0 Å². The van der Waals surface area contributed by atoms with Crippen molar-refractivity contribution < 1.29 is 14.7 Å². The molecule has 1 aliphatic carbocycles. The summed E-state index contributed by atoms with van der Waals surface area (Å²) < 4.78 is 0. The van der Waals surface area contributed by atoms with Crippen molar-refractivity contribution in [3.8, 4) is 0 Å². The first-order chi connectivity index (χ1) is 7.97. The van der Waals surface area contributed by atoms with Gasteiger partial charge in [0, 0.05) is 24.8 Å². The van der Waals surface area contributed by atoms with Gasteiger partial charge in [-0.2, -0.15) is 11.8 Å². The van der Waals surface area contributed by atoms with Gasteiger partial charge in [0.15, 0.2) is 0 Å². The molecule has 3 atom stereocenters. The number of amides is 1. The summed E-state index contributed by atoms with van der Waals surface area (Å²) in [6.07, 6.45) is 3.87. The number of hydrogen-bond donors (Lipinski definition) is 1. The van der Waals surface area contributed by atoms with E-state index in [1.54, 1.807) is 16.7 Å². The third kappa shape index (κ3) is 3.63. The largest absolute Gasteiger partial charge is 0.481 e. The lowest BCUT2D eigenvalue weighted by Gasteiger charge is -2.27. The highest BCUT2D eigenvalue weighted by Gasteiger charge is 2.35. The van der Waals surface area contributed by atoms with E-state index < -0.39 is 5.97 Å². The third-order valence-corrected chi connectivity index (χ3v) is 4.36. The summed E-state index contributed by atoms with van der Waals surface area (Å²) in [7, 11) is 1.82. The number of thioether (sulfide) groups is 1. The maximum Gasteiger partial charge on any atom is 0.306 e. The van der Waals surface area contributed by atoms with Gasteiger partial charge in [-0.25, -0.2) is 0 Å². The molecule has 0 radical (unpaired) electrons. The standard InChI is InChI=1S/C12H21NO3S/c1-8(7-17-3)13(2)11(14)9-4-5-10(6-9)12(15)16/h8-10H,4-7H2,1-3H3,(H,15,16)/t8?,9-,10+/m1/s1. The monoisotopic (exact) mass is 259 g/mol. The predicted molar refractivity (Wildman–Crippen MR) is 69.1 cm³/mol. The Labute approximate surface area is 107 Å². The fourth-order valence-electron chi connectivity index (χ4n) is 2.29. The highest BCUT2D eigenvalue weighted by Crippen LogP contribution is 2.32. The molecule has 1 saturated carbocycles. The predicted octanol–water partition coefficient (Wildman–Crippen LogP) is 1.70. The van der Waals surface area contributed by atoms with Crippen molar-refractivity contribution >= 4 is 23.6 Å². The minimum absolute atomic E-state index is 0.0922. The Morgan fingerprint density at radius 1 is 1.41 bits per heavy atom. The van der Waals surface area contributed by atoms with Crippen molar-refractivity contribution in [2.24, 2.45) is 11.8 Å². The molecule has 0 bridgehead atoms. The van der Waals surface area contributed by atoms with Crippen molar-refractivity contribution in [1.82, 2.24) is 4.90 Å². The first-order valence-electron chi connectivity index (χ1n) is 5.95. The van der Waals surface area contributed by atoms with E-state index in [0.717, 1.165) is 5.75 Å². The van der Waals surface area contributed by atoms with Crippen LogP contribution in [0, 0.1) is 11.8 Å². The molecular weight excluding hydrogens is 238 g/mol. The van der Waals surface area contributed by atoms with Crippen LogP contribution in [0.15, 0.2) is 0 Å². The lowest BCUT2D eigenvalue weighted by Crippen LogP contribution is -2.40. The van der Waals surface area contributed by atoms with Crippen molar-refractivity contribution in [3.05, 3.63) is 0 Å². The number of nitrogens with zero attached hydrogens (tertiary/aromatic N) is 1. The minimum atomic E-state index is -0.764. The number of carboxylic acids is 1. The summed E-state index contributed by atoms with van der Waals surface area (Å²) in [5.74, 6) is -0.161. The summed E-state index contributed by atoms with van der Waals surface area (Å²) in [5.41, 5.74) is 0. The zero-order chi connectivity index (χ0) is 13.0. The Bertz CT molecular complexity index is 295. The Morgan fingerprint density at radius 3 is 2.47 bits per heavy atom. The molecule has 1 unspecified atom stereocenters. The Kier molecular flexibility index (Phi) is 5.31. The van der Waals surface area contributed by atoms with Crippen LogP contribution >= 0.6 is 11.8 Å². The second-order valence-corrected chi connectivity index (χ2v) is 5.71. The first-order valence-corrected chi connectivity index (χ1v) is 7.35. The normalized spacial score (nSPS) is 25.6. The van der Waals surface area contributed by atoms with E-state index in [-0.39, 0.29) is 23.8 Å². The van der Waals surface area contributed by atoms with E-state index >= 15 is 0 Å². The van der Waals surface area contributed by atoms with E-state index in [0.29, 0.717) is 19.3 Å². The van der Waals surface area contributed by atoms with Gasteiger partial charge in [-0.05, 0) is 32.4 Å². The molecule has 5 heteroatoms. The van der Waals surface area contributed by atoms with Crippen molar-refractivity contribution in [2.45, 2.75) is 32.2 Å². The van der Waals surface area contributed by atoms with Crippen LogP contribution in [0.3, 0.4) is 0 Å². The first kappa shape index (κ1) is 14.4. The van der Waals surface area contributed by atoms with Gasteiger partial charge < -0.3 is 10.0 Å². The molecule has 4 nitrogen and oxygen atoms in total. The van der Waals surface area contributed by atoms with E-state index in [2.05, 4.69) is 0 Å². The lowest BCUT2D eigenvalue weighted by molar-refractivity contribution is -0.141. The van der Waals surface area contributed by atoms with E-state index in [1.165, 1.54) is 0 Å². The van der Waals surface area contributed by atoms with Gasteiger partial charge in [-0.15, -0.1) is 0 Å². The fraction of sp³-hybridized carbons (Fsp3) is 0.833. The average Bonchev–Trinajstić information content (AvgIpc) is 2.76. The molecule has 0 saturated heterocycles. The van der Waals surface area contributed by atoms with Gasteiger partial charge in [0.2, 0.25) is 5.91 Å². The van der Waals surface area contributed by atoms with Gasteiger partial charge in [0.25, 0.3) is 0 Å². The van der Waals surface area contributed by atoms with Crippen LogP contribution in [0.25, 0.3) is 0 Å². The van der Waals surface area contributed by atoms with Crippen LogP contribution < -0.4 is 0 Å². The molecule has 0 heterocycles. The van der Waals surface area contributed by atoms with E-state index in [1.807, 2.05) is 20.2 Å². The van der Waals surface area contributed by atoms with Gasteiger partial charge in [0.1, 0.15) is 0 Å². The van der Waals surface area contributed by atoms with Gasteiger partial charge in [0.05, 0.1) is 5.92 Å². The molecule has 1 aliphatic rings. The summed E-state index contributed by atoms with van der Waals surface area (Å²) in [6.45, 7) is 2.03. The Hall–Kier alpha value is -0.710. The van der Waals surface area contributed by atoms with Crippen molar-refractivity contribution in [1.29, 1.82) is 0 Å². The third-order valence-electron chi connectivity index (χ3n) is 3.55. The zero-order valence-corrected chi connectivity index (χ0v) is 11.5. The maximum absolute atomic E-state index is 12.2. The molecule has 0 aromatic carbocycles. The summed E-state index contributed by atoms with van der Waals surface area (Å²) in [5, 5.41) is 8.92. The number of aliphatic carboxylic acids is 1. The van der Waals surface area contributed by atoms with Crippen LogP contribution in [0.1, 0.15) is 26.2 Å². The zero-order valence-electron chi connectivity index (χ0n) is 10.7. The number of carbonyl (C=O) groups excluding carboxylic acids is 1. The molecule has 0 spiro atoms. The van der Waals surface area contributed by atoms with Crippen LogP contribution in [0.4, 0.5) is 0 Å². The highest BCUT2D eigenvalue weighted by atomic mass is 32.2. The van der Waals surface area contributed by atoms with E-state index in [9.17, 15) is 9.59 Å². The number of carbonyl (C=O) groups is 2. The molecule has 1 fully saturated rings. The topological polar surface area (TPSA) is 57.6 Å². The van der Waals surface area contributed by atoms with Gasteiger partial charge >= 0.3 is 5.97 Å². The molecule has 0 aromatic heterocycles. The molecule has 98 valence electrons. The number of rotatable bonds is 5. The minimum Gasteiger partial charge on any atom is -0.481 e. The molecule has 1 amide bonds. The van der Waals surface area contributed by atoms with Crippen molar-refractivity contribution in [2.75, 3.05) is 19.1 Å². The summed E-state index contributed by atoms with van der Waals surface area (Å²) >= 11 is 1.72. The molecule has 17 heavy (non-hydrogen) atoms. The summed E-state index contributed by atoms with van der Waals surface area (Å²) in [4.78, 5) is 24.8. The Balaban J connectivity index is 2.51. The van der Waals surface area contributed by atoms with Gasteiger partial charge in [-0.1, -0.05) is 0 Å². The smallest absolute Gasteiger partial charge is 0.306 e. The molecule has 0 aromatic rings. The SMILES string of the molecule is CSCC(C)N(C)C(=O)[C@@H]1CC[C@H](C(=O)O)C1. The van der Waals surface area contributed by atoms with Crippen LogP contribution in [-0.4, -0.2) is 47.0 Å². The van der Waals surface area contributed by atoms with Crippen molar-refractivity contribution in [3.63, 3.8) is 0 Å². The number of hydrogen-bond acceptors (Lipinski definition) is 3. The number of carboxylic acid groups (broad SMARTS) is 1. The second kappa shape index (κ2) is 6.28. The molecule has 1 N–H and O–H groups in total. The van der Waals surface area contributed by atoms with Crippen LogP contribution in [-0.2, 0) is 9.59 Å². The Morgan fingerprint density at radius 2 is 2.00 bits per heavy atom. The lowest BCUT2D eigenvalue weighted by atomic mass is 10.0. The summed E-state index contributed by atoms with van der Waals surface area (Å²) in [6, 6.07) is 0.210. The average molecular weight is 259 g/mol.